The Morgan fingerprint density at radius 3 is 2.74 bits per heavy atom. The van der Waals surface area contributed by atoms with Crippen molar-refractivity contribution in [1.29, 1.82) is 0 Å². The van der Waals surface area contributed by atoms with Crippen molar-refractivity contribution < 1.29 is 9.90 Å². The third-order valence-corrected chi connectivity index (χ3v) is 2.65. The maximum absolute atomic E-state index is 10.6. The standard InChI is InChI=1S/C13H10N4O2/c18-12(19)6-11-15-13-14-7-10(8-17(13)16-11)9-4-2-1-3-5-9/h1-5,7-8H,6H2,(H,18,19). The predicted octanol–water partition coefficient (Wildman–Crippen LogP) is 1.42. The van der Waals surface area contributed by atoms with Crippen molar-refractivity contribution in [3.63, 3.8) is 0 Å². The highest BCUT2D eigenvalue weighted by Gasteiger charge is 2.09. The molecule has 0 saturated carbocycles. The van der Waals surface area contributed by atoms with Gasteiger partial charge in [0.1, 0.15) is 6.42 Å². The number of carbonyl (C=O) groups is 1. The van der Waals surface area contributed by atoms with Gasteiger partial charge in [0.05, 0.1) is 0 Å². The number of rotatable bonds is 3. The molecule has 0 amide bonds. The van der Waals surface area contributed by atoms with Gasteiger partial charge in [-0.2, -0.15) is 4.98 Å². The van der Waals surface area contributed by atoms with E-state index in [1.165, 1.54) is 4.52 Å². The maximum atomic E-state index is 10.6. The summed E-state index contributed by atoms with van der Waals surface area (Å²) in [6, 6.07) is 9.76. The fraction of sp³-hybridized carbons (Fsp3) is 0.0769. The van der Waals surface area contributed by atoms with Gasteiger partial charge in [0.2, 0.25) is 0 Å². The van der Waals surface area contributed by atoms with Crippen LogP contribution in [-0.4, -0.2) is 30.7 Å². The first-order valence-electron chi connectivity index (χ1n) is 5.71. The Balaban J connectivity index is 2.03. The number of hydrogen-bond donors (Lipinski definition) is 1. The lowest BCUT2D eigenvalue weighted by Gasteiger charge is -2.00. The summed E-state index contributed by atoms with van der Waals surface area (Å²) in [6.07, 6.45) is 3.28. The minimum absolute atomic E-state index is 0.204. The minimum Gasteiger partial charge on any atom is -0.481 e. The predicted molar refractivity (Wildman–Crippen MR) is 67.6 cm³/mol. The molecule has 1 aromatic carbocycles. The molecule has 0 spiro atoms. The van der Waals surface area contributed by atoms with E-state index in [0.29, 0.717) is 5.78 Å². The van der Waals surface area contributed by atoms with Gasteiger partial charge in [0, 0.05) is 18.0 Å². The van der Waals surface area contributed by atoms with E-state index in [1.807, 2.05) is 30.3 Å². The van der Waals surface area contributed by atoms with Crippen LogP contribution in [0.5, 0.6) is 0 Å². The van der Waals surface area contributed by atoms with Crippen molar-refractivity contribution in [3.05, 3.63) is 48.5 Å². The Bertz CT molecular complexity index is 737. The van der Waals surface area contributed by atoms with Crippen LogP contribution in [-0.2, 0) is 11.2 Å². The molecule has 0 radical (unpaired) electrons. The third kappa shape index (κ3) is 2.28. The Morgan fingerprint density at radius 2 is 2.00 bits per heavy atom. The summed E-state index contributed by atoms with van der Waals surface area (Å²) in [5.41, 5.74) is 1.92. The first-order chi connectivity index (χ1) is 9.22. The molecule has 0 aliphatic rings. The topological polar surface area (TPSA) is 80.4 Å². The number of fused-ring (bicyclic) bond motifs is 1. The molecule has 1 N–H and O–H groups in total. The molecule has 2 heterocycles. The molecule has 0 unspecified atom stereocenters. The van der Waals surface area contributed by atoms with Gasteiger partial charge in [-0.1, -0.05) is 30.3 Å². The second-order valence-electron chi connectivity index (χ2n) is 4.05. The van der Waals surface area contributed by atoms with Crippen LogP contribution in [0.2, 0.25) is 0 Å². The van der Waals surface area contributed by atoms with Crippen LogP contribution in [0.15, 0.2) is 42.7 Å². The normalized spacial score (nSPS) is 10.7. The molecule has 3 aromatic rings. The van der Waals surface area contributed by atoms with E-state index in [-0.39, 0.29) is 12.2 Å². The van der Waals surface area contributed by atoms with Crippen LogP contribution in [0.3, 0.4) is 0 Å². The molecule has 0 bridgehead atoms. The Hall–Kier alpha value is -2.76. The van der Waals surface area contributed by atoms with Crippen LogP contribution in [0.4, 0.5) is 0 Å². The summed E-state index contributed by atoms with van der Waals surface area (Å²) >= 11 is 0. The maximum Gasteiger partial charge on any atom is 0.311 e. The van der Waals surface area contributed by atoms with Crippen LogP contribution in [0.1, 0.15) is 5.82 Å². The average Bonchev–Trinajstić information content (AvgIpc) is 2.79. The highest BCUT2D eigenvalue weighted by atomic mass is 16.4. The summed E-state index contributed by atoms with van der Waals surface area (Å²) < 4.78 is 1.50. The van der Waals surface area contributed by atoms with Crippen LogP contribution in [0.25, 0.3) is 16.9 Å². The van der Waals surface area contributed by atoms with Crippen LogP contribution < -0.4 is 0 Å². The van der Waals surface area contributed by atoms with Gasteiger partial charge in [-0.15, -0.1) is 5.10 Å². The molecule has 3 rings (SSSR count). The minimum atomic E-state index is -0.959. The Labute approximate surface area is 108 Å². The quantitative estimate of drug-likeness (QED) is 0.764. The van der Waals surface area contributed by atoms with Crippen molar-refractivity contribution in [1.82, 2.24) is 19.6 Å². The smallest absolute Gasteiger partial charge is 0.311 e. The average molecular weight is 254 g/mol. The number of carboxylic acid groups (broad SMARTS) is 1. The number of hydrogen-bond acceptors (Lipinski definition) is 4. The molecule has 6 heteroatoms. The second kappa shape index (κ2) is 4.49. The van der Waals surface area contributed by atoms with Gasteiger partial charge in [-0.3, -0.25) is 4.79 Å². The third-order valence-electron chi connectivity index (χ3n) is 2.65. The summed E-state index contributed by atoms with van der Waals surface area (Å²) in [6.45, 7) is 0. The molecule has 94 valence electrons. The SMILES string of the molecule is O=C(O)Cc1nc2ncc(-c3ccccc3)cn2n1. The zero-order valence-corrected chi connectivity index (χ0v) is 9.89. The molecule has 2 aromatic heterocycles. The van der Waals surface area contributed by atoms with Gasteiger partial charge in [-0.25, -0.2) is 9.50 Å². The lowest BCUT2D eigenvalue weighted by molar-refractivity contribution is -0.136. The van der Waals surface area contributed by atoms with E-state index in [9.17, 15) is 4.79 Å². The Kier molecular flexibility index (Phi) is 2.68. The lowest BCUT2D eigenvalue weighted by Crippen LogP contribution is -2.01. The van der Waals surface area contributed by atoms with Gasteiger partial charge < -0.3 is 5.11 Å². The van der Waals surface area contributed by atoms with E-state index < -0.39 is 5.97 Å². The van der Waals surface area contributed by atoms with E-state index in [2.05, 4.69) is 15.1 Å². The molecule has 19 heavy (non-hydrogen) atoms. The second-order valence-corrected chi connectivity index (χ2v) is 4.05. The molecule has 0 aliphatic heterocycles. The van der Waals surface area contributed by atoms with Crippen molar-refractivity contribution >= 4 is 11.7 Å². The number of aliphatic carboxylic acids is 1. The summed E-state index contributed by atoms with van der Waals surface area (Å²) in [4.78, 5) is 18.9. The number of benzene rings is 1. The molecule has 0 fully saturated rings. The molecule has 6 nitrogen and oxygen atoms in total. The number of nitrogens with zero attached hydrogens (tertiary/aromatic N) is 4. The van der Waals surface area contributed by atoms with E-state index in [4.69, 9.17) is 5.11 Å². The summed E-state index contributed by atoms with van der Waals surface area (Å²) in [7, 11) is 0. The summed E-state index contributed by atoms with van der Waals surface area (Å²) in [5, 5.41) is 12.8. The van der Waals surface area contributed by atoms with Gasteiger partial charge >= 0.3 is 5.97 Å². The first kappa shape index (κ1) is 11.3. The van der Waals surface area contributed by atoms with E-state index >= 15 is 0 Å². The van der Waals surface area contributed by atoms with Crippen molar-refractivity contribution in [2.75, 3.05) is 0 Å². The van der Waals surface area contributed by atoms with Gasteiger partial charge in [-0.05, 0) is 5.56 Å². The Morgan fingerprint density at radius 1 is 1.21 bits per heavy atom. The molecule has 0 atom stereocenters. The van der Waals surface area contributed by atoms with Crippen molar-refractivity contribution in [2.45, 2.75) is 6.42 Å². The fourth-order valence-corrected chi connectivity index (χ4v) is 1.81. The van der Waals surface area contributed by atoms with Crippen LogP contribution >= 0.6 is 0 Å². The summed E-state index contributed by atoms with van der Waals surface area (Å²) in [5.74, 6) is -0.305. The molecule has 0 aliphatic carbocycles. The van der Waals surface area contributed by atoms with Gasteiger partial charge in [0.15, 0.2) is 5.82 Å². The van der Waals surface area contributed by atoms with Crippen LogP contribution in [0, 0.1) is 0 Å². The largest absolute Gasteiger partial charge is 0.481 e. The molecular formula is C13H10N4O2. The van der Waals surface area contributed by atoms with Crippen molar-refractivity contribution in [2.24, 2.45) is 0 Å². The fourth-order valence-electron chi connectivity index (χ4n) is 1.81. The number of aromatic nitrogens is 4. The number of carboxylic acids is 1. The van der Waals surface area contributed by atoms with E-state index in [1.54, 1.807) is 12.4 Å². The zero-order valence-electron chi connectivity index (χ0n) is 9.89. The highest BCUT2D eigenvalue weighted by molar-refractivity contribution is 5.69. The zero-order chi connectivity index (χ0) is 13.2. The highest BCUT2D eigenvalue weighted by Crippen LogP contribution is 2.17. The van der Waals surface area contributed by atoms with E-state index in [0.717, 1.165) is 11.1 Å². The first-order valence-corrected chi connectivity index (χ1v) is 5.71. The van der Waals surface area contributed by atoms with Gasteiger partial charge in [0.25, 0.3) is 5.78 Å². The molecular weight excluding hydrogens is 244 g/mol. The molecule has 0 saturated heterocycles. The lowest BCUT2D eigenvalue weighted by atomic mass is 10.1. The van der Waals surface area contributed by atoms with Crippen molar-refractivity contribution in [3.8, 4) is 11.1 Å². The monoisotopic (exact) mass is 254 g/mol.